The van der Waals surface area contributed by atoms with E-state index in [-0.39, 0.29) is 42.9 Å². The van der Waals surface area contributed by atoms with Gasteiger partial charge in [0.25, 0.3) is 5.24 Å². The molecule has 0 aliphatic rings. The smallest absolute Gasteiger partial charge is 0.325 e. The Morgan fingerprint density at radius 2 is 1.24 bits per heavy atom. The van der Waals surface area contributed by atoms with E-state index < -0.39 is 0 Å². The van der Waals surface area contributed by atoms with Gasteiger partial charge in [0.15, 0.2) is 0 Å². The maximum atomic E-state index is 13.2. The molecule has 8 heteroatoms. The van der Waals surface area contributed by atoms with Crippen LogP contribution >= 0.6 is 11.8 Å². The molecule has 0 radical (unpaired) electrons. The first kappa shape index (κ1) is 44.5. The molecule has 0 fully saturated rings. The fourth-order valence-corrected chi connectivity index (χ4v) is 6.19. The molecule has 1 amide bonds. The maximum Gasteiger partial charge on any atom is 0.325 e. The van der Waals surface area contributed by atoms with Crippen LogP contribution in [0.25, 0.3) is 0 Å². The molecule has 7 nitrogen and oxygen atoms in total. The van der Waals surface area contributed by atoms with E-state index in [1.807, 2.05) is 6.08 Å². The normalized spacial score (nSPS) is 11.5. The Bertz CT molecular complexity index is 745. The molecule has 0 bridgehead atoms. The number of hydrogen-bond acceptors (Lipinski definition) is 7. The van der Waals surface area contributed by atoms with Crippen LogP contribution in [0.4, 0.5) is 4.79 Å². The molecular weight excluding hydrogens is 596 g/mol. The topological polar surface area (TPSA) is 76.1 Å². The molecule has 46 heavy (non-hydrogen) atoms. The number of nitrogens with zero attached hydrogens (tertiary/aromatic N) is 2. The fourth-order valence-electron chi connectivity index (χ4n) is 5.41. The second kappa shape index (κ2) is 33.4. The Morgan fingerprint density at radius 3 is 1.83 bits per heavy atom. The van der Waals surface area contributed by atoms with Crippen molar-refractivity contribution in [3.05, 3.63) is 12.2 Å². The van der Waals surface area contributed by atoms with E-state index in [4.69, 9.17) is 9.47 Å². The highest BCUT2D eigenvalue weighted by molar-refractivity contribution is 8.13. The Morgan fingerprint density at radius 1 is 0.652 bits per heavy atom. The van der Waals surface area contributed by atoms with Crippen LogP contribution in [-0.2, 0) is 19.1 Å². The zero-order valence-corrected chi connectivity index (χ0v) is 31.5. The highest BCUT2D eigenvalue weighted by Crippen LogP contribution is 2.18. The quantitative estimate of drug-likeness (QED) is 0.0401. The molecule has 0 aromatic rings. The van der Waals surface area contributed by atoms with E-state index >= 15 is 0 Å². The lowest BCUT2D eigenvalue weighted by molar-refractivity contribution is -0.150. The molecule has 0 aliphatic heterocycles. The van der Waals surface area contributed by atoms with Gasteiger partial charge < -0.3 is 19.3 Å². The van der Waals surface area contributed by atoms with E-state index in [2.05, 4.69) is 45.6 Å². The Hall–Kier alpha value is -1.54. The van der Waals surface area contributed by atoms with Crippen LogP contribution in [0.5, 0.6) is 0 Å². The Balaban J connectivity index is 5.01. The summed E-state index contributed by atoms with van der Waals surface area (Å²) in [5.74, 6) is 0.0887. The highest BCUT2D eigenvalue weighted by Gasteiger charge is 2.22. The second-order valence-corrected chi connectivity index (χ2v) is 13.6. The first-order valence-corrected chi connectivity index (χ1v) is 20.0. The molecule has 0 saturated heterocycles. The first-order chi connectivity index (χ1) is 22.4. The number of carbonyl (C=O) groups excluding carboxylic acids is 3. The number of thioether (sulfide) groups is 1. The number of allylic oxidation sites excluding steroid dienone is 1. The summed E-state index contributed by atoms with van der Waals surface area (Å²) in [6.07, 6.45) is 24.9. The molecule has 0 rings (SSSR count). The molecule has 0 unspecified atom stereocenters. The summed E-state index contributed by atoms with van der Waals surface area (Å²) < 4.78 is 11.4. The van der Waals surface area contributed by atoms with Crippen LogP contribution in [0.15, 0.2) is 12.2 Å². The van der Waals surface area contributed by atoms with Gasteiger partial charge in [-0.15, -0.1) is 0 Å². The van der Waals surface area contributed by atoms with E-state index in [9.17, 15) is 14.4 Å². The number of amides is 1. The standard InChI is InChI=1S/C38H72N2O5S/c1-6-11-14-17-18-21-24-32-44-36(41)29-25-31-40(38(43)46-33-26-30-39(9-4)10-5)34-37(42)45-35(27-22-19-15-12-7-2)28-23-20-16-13-8-3/h21,24,35H,6-20,22-23,25-34H2,1-5H3/b24-21-. The van der Waals surface area contributed by atoms with Gasteiger partial charge in [0.05, 0.1) is 0 Å². The minimum absolute atomic E-state index is 0.0696. The lowest BCUT2D eigenvalue weighted by Gasteiger charge is -2.24. The van der Waals surface area contributed by atoms with Gasteiger partial charge in [-0.25, -0.2) is 0 Å². The summed E-state index contributed by atoms with van der Waals surface area (Å²) >= 11 is 1.26. The van der Waals surface area contributed by atoms with Gasteiger partial charge in [-0.05, 0) is 71.0 Å². The van der Waals surface area contributed by atoms with Crippen molar-refractivity contribution in [2.75, 3.05) is 45.1 Å². The van der Waals surface area contributed by atoms with Crippen LogP contribution in [0.1, 0.15) is 163 Å². The summed E-state index contributed by atoms with van der Waals surface area (Å²) in [4.78, 5) is 42.7. The maximum absolute atomic E-state index is 13.2. The minimum atomic E-state index is -0.337. The minimum Gasteiger partial charge on any atom is -0.461 e. The van der Waals surface area contributed by atoms with Crippen molar-refractivity contribution in [3.8, 4) is 0 Å². The lowest BCUT2D eigenvalue weighted by Crippen LogP contribution is -2.36. The SMILES string of the molecule is CCCCCC/C=C\COC(=O)CCCN(CC(=O)OC(CCCCCCC)CCCCCCC)C(=O)SCCCN(CC)CC. The van der Waals surface area contributed by atoms with E-state index in [0.717, 1.165) is 77.4 Å². The summed E-state index contributed by atoms with van der Waals surface area (Å²) in [7, 11) is 0. The zero-order chi connectivity index (χ0) is 34.1. The van der Waals surface area contributed by atoms with E-state index in [1.165, 1.54) is 69.5 Å². The predicted molar refractivity (Wildman–Crippen MR) is 197 cm³/mol. The number of esters is 2. The van der Waals surface area contributed by atoms with Crippen LogP contribution in [0.2, 0.25) is 0 Å². The van der Waals surface area contributed by atoms with Crippen molar-refractivity contribution in [2.24, 2.45) is 0 Å². The van der Waals surface area contributed by atoms with E-state index in [0.29, 0.717) is 18.7 Å². The van der Waals surface area contributed by atoms with Gasteiger partial charge in [-0.3, -0.25) is 14.4 Å². The van der Waals surface area contributed by atoms with Crippen molar-refractivity contribution < 1.29 is 23.9 Å². The largest absolute Gasteiger partial charge is 0.461 e. The Labute approximate surface area is 288 Å². The van der Waals surface area contributed by atoms with Gasteiger partial charge in [-0.2, -0.15) is 0 Å². The van der Waals surface area contributed by atoms with Crippen molar-refractivity contribution >= 4 is 28.9 Å². The molecule has 270 valence electrons. The second-order valence-electron chi connectivity index (χ2n) is 12.5. The lowest BCUT2D eigenvalue weighted by atomic mass is 10.0. The van der Waals surface area contributed by atoms with Crippen molar-refractivity contribution in [2.45, 2.75) is 169 Å². The summed E-state index contributed by atoms with van der Waals surface area (Å²) in [6, 6.07) is 0. The van der Waals surface area contributed by atoms with Crippen LogP contribution in [-0.4, -0.2) is 78.2 Å². The molecular formula is C38H72N2O5S. The van der Waals surface area contributed by atoms with Crippen LogP contribution in [0.3, 0.4) is 0 Å². The van der Waals surface area contributed by atoms with Gasteiger partial charge in [0, 0.05) is 18.7 Å². The molecule has 0 aromatic carbocycles. The van der Waals surface area contributed by atoms with Crippen molar-refractivity contribution in [3.63, 3.8) is 0 Å². The van der Waals surface area contributed by atoms with Gasteiger partial charge >= 0.3 is 11.9 Å². The number of carbonyl (C=O) groups is 3. The van der Waals surface area contributed by atoms with E-state index in [1.54, 1.807) is 4.90 Å². The number of hydrogen-bond donors (Lipinski definition) is 0. The first-order valence-electron chi connectivity index (χ1n) is 19.1. The summed E-state index contributed by atoms with van der Waals surface area (Å²) in [5, 5.41) is -0.119. The molecule has 0 heterocycles. The average molecular weight is 669 g/mol. The fraction of sp³-hybridized carbons (Fsp3) is 0.868. The van der Waals surface area contributed by atoms with Crippen molar-refractivity contribution in [1.29, 1.82) is 0 Å². The molecule has 0 saturated carbocycles. The molecule has 0 atom stereocenters. The van der Waals surface area contributed by atoms with Crippen LogP contribution < -0.4 is 0 Å². The monoisotopic (exact) mass is 669 g/mol. The molecule has 0 aliphatic carbocycles. The van der Waals surface area contributed by atoms with Crippen LogP contribution in [0, 0.1) is 0 Å². The molecule has 0 N–H and O–H groups in total. The third kappa shape index (κ3) is 27.6. The summed E-state index contributed by atoms with van der Waals surface area (Å²) in [5.41, 5.74) is 0. The van der Waals surface area contributed by atoms with Gasteiger partial charge in [0.1, 0.15) is 19.3 Å². The number of unbranched alkanes of at least 4 members (excludes halogenated alkanes) is 12. The number of rotatable bonds is 32. The number of ether oxygens (including phenoxy) is 2. The third-order valence-electron chi connectivity index (χ3n) is 8.41. The highest BCUT2D eigenvalue weighted by atomic mass is 32.2. The Kier molecular flexibility index (Phi) is 32.2. The van der Waals surface area contributed by atoms with Crippen molar-refractivity contribution in [1.82, 2.24) is 9.80 Å². The van der Waals surface area contributed by atoms with Gasteiger partial charge in [0.2, 0.25) is 0 Å². The molecule has 0 aromatic heterocycles. The predicted octanol–water partition coefficient (Wildman–Crippen LogP) is 10.4. The summed E-state index contributed by atoms with van der Waals surface area (Å²) in [6.45, 7) is 14.4. The third-order valence-corrected chi connectivity index (χ3v) is 9.41. The molecule has 0 spiro atoms. The average Bonchev–Trinajstić information content (AvgIpc) is 3.05. The van der Waals surface area contributed by atoms with Gasteiger partial charge in [-0.1, -0.05) is 129 Å². The zero-order valence-electron chi connectivity index (χ0n) is 30.7.